The van der Waals surface area contributed by atoms with Crippen LogP contribution in [-0.2, 0) is 4.79 Å². The summed E-state index contributed by atoms with van der Waals surface area (Å²) in [4.78, 5) is 10.7. The molecule has 0 unspecified atom stereocenters. The fraction of sp³-hybridized carbons (Fsp3) is 0.500. The minimum Gasteiger partial charge on any atom is -0.357 e. The van der Waals surface area contributed by atoms with E-state index in [1.807, 2.05) is 0 Å². The van der Waals surface area contributed by atoms with E-state index in [0.29, 0.717) is 13.0 Å². The van der Waals surface area contributed by atoms with E-state index in [1.165, 1.54) is 11.3 Å². The molecule has 0 aliphatic carbocycles. The van der Waals surface area contributed by atoms with Crippen LogP contribution in [-0.4, -0.2) is 28.3 Å². The Morgan fingerprint density at radius 2 is 2.44 bits per heavy atom. The first kappa shape index (κ1) is 13.2. The summed E-state index contributed by atoms with van der Waals surface area (Å²) in [5.74, 6) is 1.15. The summed E-state index contributed by atoms with van der Waals surface area (Å²) in [6.45, 7) is 5.93. The third kappa shape index (κ3) is 5.27. The molecule has 1 N–H and O–H groups in total. The smallest absolute Gasteiger partial charge is 0.206 e. The van der Waals surface area contributed by atoms with Crippen molar-refractivity contribution in [3.05, 3.63) is 12.7 Å². The summed E-state index contributed by atoms with van der Waals surface area (Å²) in [6.07, 6.45) is 3.32. The molecule has 88 valence electrons. The quantitative estimate of drug-likeness (QED) is 0.441. The van der Waals surface area contributed by atoms with Gasteiger partial charge in [0.15, 0.2) is 4.34 Å². The Morgan fingerprint density at radius 3 is 3.12 bits per heavy atom. The first-order valence-electron chi connectivity index (χ1n) is 5.03. The fourth-order valence-corrected chi connectivity index (χ4v) is 2.75. The average molecular weight is 257 g/mol. The van der Waals surface area contributed by atoms with Crippen LogP contribution in [0.3, 0.4) is 0 Å². The molecular weight excluding hydrogens is 242 g/mol. The van der Waals surface area contributed by atoms with Crippen LogP contribution in [0.15, 0.2) is 17.0 Å². The lowest BCUT2D eigenvalue weighted by Crippen LogP contribution is -1.96. The number of ketones is 1. The van der Waals surface area contributed by atoms with Gasteiger partial charge < -0.3 is 10.1 Å². The third-order valence-electron chi connectivity index (χ3n) is 1.70. The predicted octanol–water partition coefficient (Wildman–Crippen LogP) is 2.60. The number of rotatable bonds is 8. The van der Waals surface area contributed by atoms with Crippen molar-refractivity contribution in [2.45, 2.75) is 24.1 Å². The maximum absolute atomic E-state index is 10.7. The molecule has 0 saturated heterocycles. The fourth-order valence-electron chi connectivity index (χ4n) is 0.980. The van der Waals surface area contributed by atoms with E-state index in [-0.39, 0.29) is 5.78 Å². The Kier molecular flexibility index (Phi) is 6.10. The molecule has 1 aromatic heterocycles. The van der Waals surface area contributed by atoms with Crippen molar-refractivity contribution in [2.24, 2.45) is 0 Å². The van der Waals surface area contributed by atoms with Crippen LogP contribution in [0, 0.1) is 0 Å². The predicted molar refractivity (Wildman–Crippen MR) is 69.2 cm³/mol. The maximum atomic E-state index is 10.7. The zero-order valence-corrected chi connectivity index (χ0v) is 10.9. The topological polar surface area (TPSA) is 54.9 Å². The summed E-state index contributed by atoms with van der Waals surface area (Å²) >= 11 is 3.17. The Bertz CT molecular complexity index is 352. The van der Waals surface area contributed by atoms with Gasteiger partial charge in [0.05, 0.1) is 0 Å². The molecule has 0 aliphatic heterocycles. The molecule has 0 spiro atoms. The van der Waals surface area contributed by atoms with Crippen molar-refractivity contribution < 1.29 is 4.79 Å². The van der Waals surface area contributed by atoms with Crippen LogP contribution < -0.4 is 5.32 Å². The summed E-state index contributed by atoms with van der Waals surface area (Å²) in [7, 11) is 0. The lowest BCUT2D eigenvalue weighted by molar-refractivity contribution is -0.117. The van der Waals surface area contributed by atoms with Crippen molar-refractivity contribution in [3.8, 4) is 0 Å². The van der Waals surface area contributed by atoms with E-state index in [0.717, 1.165) is 21.6 Å². The van der Waals surface area contributed by atoms with Gasteiger partial charge in [-0.25, -0.2) is 0 Å². The number of Topliss-reactive ketones (excluding diaryl/α,β-unsaturated/α-hetero) is 1. The molecule has 16 heavy (non-hydrogen) atoms. The van der Waals surface area contributed by atoms with Gasteiger partial charge in [0.2, 0.25) is 5.13 Å². The molecule has 4 nitrogen and oxygen atoms in total. The number of nitrogens with zero attached hydrogens (tertiary/aromatic N) is 2. The second kappa shape index (κ2) is 7.40. The largest absolute Gasteiger partial charge is 0.357 e. The molecule has 0 radical (unpaired) electrons. The van der Waals surface area contributed by atoms with Crippen LogP contribution in [0.2, 0.25) is 0 Å². The highest BCUT2D eigenvalue weighted by Crippen LogP contribution is 2.25. The number of carbonyl (C=O) groups excluding carboxylic acids is 1. The summed E-state index contributed by atoms with van der Waals surface area (Å²) in [5, 5.41) is 11.9. The zero-order valence-electron chi connectivity index (χ0n) is 9.23. The second-order valence-electron chi connectivity index (χ2n) is 3.20. The molecule has 0 atom stereocenters. The van der Waals surface area contributed by atoms with Crippen LogP contribution >= 0.6 is 23.1 Å². The molecule has 0 bridgehead atoms. The van der Waals surface area contributed by atoms with Gasteiger partial charge in [0.1, 0.15) is 5.78 Å². The Morgan fingerprint density at radius 1 is 1.62 bits per heavy atom. The van der Waals surface area contributed by atoms with E-state index < -0.39 is 0 Å². The third-order valence-corrected chi connectivity index (χ3v) is 3.80. The van der Waals surface area contributed by atoms with Gasteiger partial charge in [-0.05, 0) is 13.3 Å². The normalized spacial score (nSPS) is 10.1. The lowest BCUT2D eigenvalue weighted by atomic mass is 10.3. The number of carbonyl (C=O) groups is 1. The van der Waals surface area contributed by atoms with Crippen molar-refractivity contribution in [3.63, 3.8) is 0 Å². The number of nitrogens with one attached hydrogen (secondary N) is 1. The van der Waals surface area contributed by atoms with Gasteiger partial charge in [-0.2, -0.15) is 0 Å². The summed E-state index contributed by atoms with van der Waals surface area (Å²) in [5.41, 5.74) is 0. The highest BCUT2D eigenvalue weighted by Gasteiger charge is 2.03. The molecular formula is C10H15N3OS2. The first-order valence-corrected chi connectivity index (χ1v) is 6.83. The van der Waals surface area contributed by atoms with E-state index in [9.17, 15) is 4.79 Å². The van der Waals surface area contributed by atoms with Gasteiger partial charge in [-0.1, -0.05) is 29.2 Å². The van der Waals surface area contributed by atoms with Gasteiger partial charge in [-0.3, -0.25) is 0 Å². The molecule has 0 fully saturated rings. The SMILES string of the molecule is C=CCNc1nnc(SCCCC(C)=O)s1. The maximum Gasteiger partial charge on any atom is 0.206 e. The molecule has 1 aromatic rings. The number of hydrogen-bond acceptors (Lipinski definition) is 6. The number of hydrogen-bond donors (Lipinski definition) is 1. The molecule has 0 saturated carbocycles. The van der Waals surface area contributed by atoms with Crippen molar-refractivity contribution in [1.82, 2.24) is 10.2 Å². The first-order chi connectivity index (χ1) is 7.72. The molecule has 1 rings (SSSR count). The van der Waals surface area contributed by atoms with Gasteiger partial charge in [-0.15, -0.1) is 16.8 Å². The molecule has 0 aromatic carbocycles. The summed E-state index contributed by atoms with van der Waals surface area (Å²) < 4.78 is 0.940. The van der Waals surface area contributed by atoms with E-state index >= 15 is 0 Å². The Balaban J connectivity index is 2.23. The van der Waals surface area contributed by atoms with E-state index in [1.54, 1.807) is 24.8 Å². The van der Waals surface area contributed by atoms with Crippen LogP contribution in [0.4, 0.5) is 5.13 Å². The highest BCUT2D eigenvalue weighted by atomic mass is 32.2. The van der Waals surface area contributed by atoms with Crippen molar-refractivity contribution in [2.75, 3.05) is 17.6 Å². The van der Waals surface area contributed by atoms with Crippen LogP contribution in [0.1, 0.15) is 19.8 Å². The van der Waals surface area contributed by atoms with E-state index in [2.05, 4.69) is 22.1 Å². The number of thioether (sulfide) groups is 1. The van der Waals surface area contributed by atoms with Gasteiger partial charge in [0.25, 0.3) is 0 Å². The van der Waals surface area contributed by atoms with Crippen LogP contribution in [0.5, 0.6) is 0 Å². The monoisotopic (exact) mass is 257 g/mol. The second-order valence-corrected chi connectivity index (χ2v) is 5.52. The van der Waals surface area contributed by atoms with Crippen molar-refractivity contribution in [1.29, 1.82) is 0 Å². The molecule has 1 heterocycles. The number of aromatic nitrogens is 2. The molecule has 6 heteroatoms. The minimum absolute atomic E-state index is 0.242. The standard InChI is InChI=1S/C10H15N3OS2/c1-3-6-11-9-12-13-10(16-9)15-7-4-5-8(2)14/h3H,1,4-7H2,2H3,(H,11,12). The molecule has 0 aliphatic rings. The van der Waals surface area contributed by atoms with E-state index in [4.69, 9.17) is 0 Å². The Hall–Kier alpha value is -0.880. The van der Waals surface area contributed by atoms with Crippen molar-refractivity contribution >= 4 is 34.0 Å². The number of anilines is 1. The Labute approximate surface area is 104 Å². The molecule has 0 amide bonds. The van der Waals surface area contributed by atoms with Gasteiger partial charge >= 0.3 is 0 Å². The highest BCUT2D eigenvalue weighted by molar-refractivity contribution is 8.01. The average Bonchev–Trinajstić information content (AvgIpc) is 2.69. The zero-order chi connectivity index (χ0) is 11.8. The van der Waals surface area contributed by atoms with Gasteiger partial charge in [0, 0.05) is 18.7 Å². The van der Waals surface area contributed by atoms with Crippen LogP contribution in [0.25, 0.3) is 0 Å². The lowest BCUT2D eigenvalue weighted by Gasteiger charge is -1.95. The summed E-state index contributed by atoms with van der Waals surface area (Å²) in [6, 6.07) is 0. The minimum atomic E-state index is 0.242.